The number of fused-ring (bicyclic) bond motifs is 1. The minimum atomic E-state index is -0.426. The molecule has 6 heteroatoms. The van der Waals surface area contributed by atoms with Crippen LogP contribution in [0.15, 0.2) is 24.5 Å². The van der Waals surface area contributed by atoms with Crippen molar-refractivity contribution in [1.82, 2.24) is 15.3 Å². The molecule has 1 aromatic carbocycles. The first-order chi connectivity index (χ1) is 9.15. The quantitative estimate of drug-likeness (QED) is 0.579. The van der Waals surface area contributed by atoms with E-state index in [2.05, 4.69) is 15.3 Å². The Balaban J connectivity index is 2.12. The van der Waals surface area contributed by atoms with Crippen molar-refractivity contribution < 1.29 is 9.59 Å². The van der Waals surface area contributed by atoms with Crippen LogP contribution in [0.4, 0.5) is 5.69 Å². The van der Waals surface area contributed by atoms with Gasteiger partial charge in [-0.3, -0.25) is 14.9 Å². The van der Waals surface area contributed by atoms with E-state index in [1.165, 1.54) is 6.33 Å². The molecule has 6 nitrogen and oxygen atoms in total. The minimum absolute atomic E-state index is 0.237. The van der Waals surface area contributed by atoms with Crippen LogP contribution in [-0.4, -0.2) is 21.8 Å². The van der Waals surface area contributed by atoms with Crippen LogP contribution in [0.5, 0.6) is 0 Å². The standard InChI is InChI=1S/C13H12N4O2/c14-7-1-3-10-9(5-7)12(16-6-15-10)8-2-4-11(18)17-13(8)19/h1,3,5-6,8H,2,4,14H2,(H,17,18,19). The van der Waals surface area contributed by atoms with Gasteiger partial charge in [0, 0.05) is 17.5 Å². The number of nitrogens with one attached hydrogen (secondary N) is 1. The van der Waals surface area contributed by atoms with Crippen molar-refractivity contribution in [1.29, 1.82) is 0 Å². The zero-order valence-corrected chi connectivity index (χ0v) is 10.1. The van der Waals surface area contributed by atoms with Gasteiger partial charge in [0.25, 0.3) is 0 Å². The average molecular weight is 256 g/mol. The average Bonchev–Trinajstić information content (AvgIpc) is 2.38. The first-order valence-electron chi connectivity index (χ1n) is 5.99. The molecule has 1 aromatic heterocycles. The highest BCUT2D eigenvalue weighted by Gasteiger charge is 2.30. The summed E-state index contributed by atoms with van der Waals surface area (Å²) in [6.07, 6.45) is 2.22. The molecule has 2 aromatic rings. The van der Waals surface area contributed by atoms with Gasteiger partial charge < -0.3 is 5.73 Å². The van der Waals surface area contributed by atoms with E-state index in [-0.39, 0.29) is 11.8 Å². The number of amides is 2. The molecule has 0 spiro atoms. The van der Waals surface area contributed by atoms with Crippen LogP contribution in [0.25, 0.3) is 10.9 Å². The summed E-state index contributed by atoms with van der Waals surface area (Å²) in [5, 5.41) is 3.10. The highest BCUT2D eigenvalue weighted by molar-refractivity contribution is 6.02. The Labute approximate surface area is 109 Å². The number of benzene rings is 1. The molecule has 3 N–H and O–H groups in total. The van der Waals surface area contributed by atoms with Crippen molar-refractivity contribution in [2.45, 2.75) is 18.8 Å². The Bertz CT molecular complexity index is 683. The van der Waals surface area contributed by atoms with Gasteiger partial charge in [0.2, 0.25) is 11.8 Å². The fourth-order valence-electron chi connectivity index (χ4n) is 2.33. The second-order valence-electron chi connectivity index (χ2n) is 4.54. The molecule has 3 rings (SSSR count). The Morgan fingerprint density at radius 2 is 2.11 bits per heavy atom. The molecular formula is C13H12N4O2. The molecule has 2 heterocycles. The highest BCUT2D eigenvalue weighted by Crippen LogP contribution is 2.29. The molecule has 0 aliphatic carbocycles. The summed E-state index contributed by atoms with van der Waals surface area (Å²) in [5.74, 6) is -0.970. The van der Waals surface area contributed by atoms with Gasteiger partial charge in [-0.15, -0.1) is 0 Å². The monoisotopic (exact) mass is 256 g/mol. The molecule has 1 aliphatic heterocycles. The molecule has 1 unspecified atom stereocenters. The van der Waals surface area contributed by atoms with E-state index >= 15 is 0 Å². The largest absolute Gasteiger partial charge is 0.399 e. The first kappa shape index (κ1) is 11.6. The predicted octanol–water partition coefficient (Wildman–Crippen LogP) is 0.732. The Kier molecular flexibility index (Phi) is 2.63. The number of carbonyl (C=O) groups is 2. The van der Waals surface area contributed by atoms with Crippen LogP contribution in [0.2, 0.25) is 0 Å². The number of carbonyl (C=O) groups excluding carboxylic acids is 2. The molecule has 2 amide bonds. The number of rotatable bonds is 1. The fraction of sp³-hybridized carbons (Fsp3) is 0.231. The molecule has 1 saturated heterocycles. The van der Waals surface area contributed by atoms with E-state index in [0.29, 0.717) is 24.2 Å². The second kappa shape index (κ2) is 4.31. The summed E-state index contributed by atoms with van der Waals surface area (Å²) in [4.78, 5) is 31.5. The van der Waals surface area contributed by atoms with E-state index in [1.54, 1.807) is 18.2 Å². The van der Waals surface area contributed by atoms with Crippen molar-refractivity contribution in [3.8, 4) is 0 Å². The number of hydrogen-bond donors (Lipinski definition) is 2. The molecule has 1 fully saturated rings. The van der Waals surface area contributed by atoms with Crippen LogP contribution in [0.1, 0.15) is 24.5 Å². The molecule has 0 bridgehead atoms. The Morgan fingerprint density at radius 1 is 1.26 bits per heavy atom. The van der Waals surface area contributed by atoms with Gasteiger partial charge in [-0.2, -0.15) is 0 Å². The Morgan fingerprint density at radius 3 is 2.89 bits per heavy atom. The van der Waals surface area contributed by atoms with Gasteiger partial charge in [-0.05, 0) is 24.6 Å². The second-order valence-corrected chi connectivity index (χ2v) is 4.54. The van der Waals surface area contributed by atoms with E-state index < -0.39 is 5.92 Å². The lowest BCUT2D eigenvalue weighted by atomic mass is 9.92. The number of anilines is 1. The van der Waals surface area contributed by atoms with Crippen LogP contribution in [0, 0.1) is 0 Å². The van der Waals surface area contributed by atoms with E-state index in [0.717, 1.165) is 10.9 Å². The summed E-state index contributed by atoms with van der Waals surface area (Å²) in [6, 6.07) is 5.31. The normalized spacial score (nSPS) is 19.5. The van der Waals surface area contributed by atoms with Crippen LogP contribution in [0.3, 0.4) is 0 Å². The minimum Gasteiger partial charge on any atom is -0.399 e. The van der Waals surface area contributed by atoms with Crippen LogP contribution >= 0.6 is 0 Å². The van der Waals surface area contributed by atoms with Crippen LogP contribution in [-0.2, 0) is 9.59 Å². The lowest BCUT2D eigenvalue weighted by Gasteiger charge is -2.21. The molecule has 0 saturated carbocycles. The summed E-state index contributed by atoms with van der Waals surface area (Å²) in [7, 11) is 0. The summed E-state index contributed by atoms with van der Waals surface area (Å²) >= 11 is 0. The maximum absolute atomic E-state index is 11.9. The van der Waals surface area contributed by atoms with Gasteiger partial charge in [0.1, 0.15) is 6.33 Å². The SMILES string of the molecule is Nc1ccc2ncnc(C3CCC(=O)NC3=O)c2c1. The van der Waals surface area contributed by atoms with Gasteiger partial charge in [0.05, 0.1) is 17.1 Å². The van der Waals surface area contributed by atoms with E-state index in [4.69, 9.17) is 5.73 Å². The number of hydrogen-bond acceptors (Lipinski definition) is 5. The number of nitrogen functional groups attached to an aromatic ring is 1. The number of piperidine rings is 1. The topological polar surface area (TPSA) is 98.0 Å². The summed E-state index contributed by atoms with van der Waals surface area (Å²) in [6.45, 7) is 0. The van der Waals surface area contributed by atoms with Gasteiger partial charge in [0.15, 0.2) is 0 Å². The van der Waals surface area contributed by atoms with E-state index in [1.807, 2.05) is 0 Å². The molecular weight excluding hydrogens is 244 g/mol. The van der Waals surface area contributed by atoms with Crippen molar-refractivity contribution in [3.05, 3.63) is 30.2 Å². The zero-order valence-electron chi connectivity index (χ0n) is 10.1. The smallest absolute Gasteiger partial charge is 0.235 e. The predicted molar refractivity (Wildman–Crippen MR) is 69.1 cm³/mol. The maximum Gasteiger partial charge on any atom is 0.235 e. The number of nitrogens with zero attached hydrogens (tertiary/aromatic N) is 2. The molecule has 1 aliphatic rings. The molecule has 19 heavy (non-hydrogen) atoms. The summed E-state index contributed by atoms with van der Waals surface area (Å²) in [5.41, 5.74) is 7.73. The summed E-state index contributed by atoms with van der Waals surface area (Å²) < 4.78 is 0. The maximum atomic E-state index is 11.9. The van der Waals surface area contributed by atoms with Gasteiger partial charge >= 0.3 is 0 Å². The van der Waals surface area contributed by atoms with Gasteiger partial charge in [-0.1, -0.05) is 0 Å². The van der Waals surface area contributed by atoms with E-state index in [9.17, 15) is 9.59 Å². The molecule has 96 valence electrons. The number of aromatic nitrogens is 2. The zero-order chi connectivity index (χ0) is 13.4. The third-order valence-electron chi connectivity index (χ3n) is 3.26. The third kappa shape index (κ3) is 2.01. The Hall–Kier alpha value is -2.50. The van der Waals surface area contributed by atoms with Crippen molar-refractivity contribution in [3.63, 3.8) is 0 Å². The highest BCUT2D eigenvalue weighted by atomic mass is 16.2. The van der Waals surface area contributed by atoms with Gasteiger partial charge in [-0.25, -0.2) is 9.97 Å². The number of nitrogens with two attached hydrogens (primary N) is 1. The van der Waals surface area contributed by atoms with Crippen molar-refractivity contribution >= 4 is 28.4 Å². The first-order valence-corrected chi connectivity index (χ1v) is 5.99. The van der Waals surface area contributed by atoms with Crippen LogP contribution < -0.4 is 11.1 Å². The van der Waals surface area contributed by atoms with Crippen molar-refractivity contribution in [2.75, 3.05) is 5.73 Å². The number of imide groups is 1. The third-order valence-corrected chi connectivity index (χ3v) is 3.26. The van der Waals surface area contributed by atoms with Crippen molar-refractivity contribution in [2.24, 2.45) is 0 Å². The molecule has 1 atom stereocenters. The lowest BCUT2D eigenvalue weighted by Crippen LogP contribution is -2.39. The fourth-order valence-corrected chi connectivity index (χ4v) is 2.33. The molecule has 0 radical (unpaired) electrons. The lowest BCUT2D eigenvalue weighted by molar-refractivity contribution is -0.134.